The molecule has 2 aromatic heterocycles. The third kappa shape index (κ3) is 3.75. The first kappa shape index (κ1) is 16.5. The molecule has 7 nitrogen and oxygen atoms in total. The fraction of sp³-hybridized carbons (Fsp3) is 0.222. The number of para-hydroxylation sites is 2. The van der Waals surface area contributed by atoms with Crippen molar-refractivity contribution in [1.29, 1.82) is 5.26 Å². The van der Waals surface area contributed by atoms with Crippen LogP contribution in [0.2, 0.25) is 0 Å². The van der Waals surface area contributed by atoms with E-state index in [2.05, 4.69) is 15.3 Å². The standard InChI is InChI=1S/C18H16N4O3/c19-11-12(17-21-13-5-1-2-6-14(13)22-17)15(23)7-3-9-20-18(24)16-8-4-10-25-16/h1-2,4-6,8,10,12H,3,7,9H2,(H,20,24)(H,21,22). The van der Waals surface area contributed by atoms with Crippen molar-refractivity contribution in [3.05, 3.63) is 54.2 Å². The molecule has 0 aliphatic heterocycles. The van der Waals surface area contributed by atoms with Gasteiger partial charge in [-0.2, -0.15) is 5.26 Å². The number of nitriles is 1. The number of nitrogens with zero attached hydrogens (tertiary/aromatic N) is 2. The van der Waals surface area contributed by atoms with E-state index >= 15 is 0 Å². The Morgan fingerprint density at radius 3 is 2.84 bits per heavy atom. The molecule has 7 heteroatoms. The molecular weight excluding hydrogens is 320 g/mol. The summed E-state index contributed by atoms with van der Waals surface area (Å²) in [6.07, 6.45) is 2.03. The summed E-state index contributed by atoms with van der Waals surface area (Å²) in [7, 11) is 0. The lowest BCUT2D eigenvalue weighted by Crippen LogP contribution is -2.25. The summed E-state index contributed by atoms with van der Waals surface area (Å²) >= 11 is 0. The zero-order chi connectivity index (χ0) is 17.6. The molecule has 0 spiro atoms. The van der Waals surface area contributed by atoms with E-state index in [1.807, 2.05) is 30.3 Å². The molecule has 3 rings (SSSR count). The maximum Gasteiger partial charge on any atom is 0.286 e. The molecule has 2 N–H and O–H groups in total. The van der Waals surface area contributed by atoms with Crippen LogP contribution in [0.5, 0.6) is 0 Å². The van der Waals surface area contributed by atoms with Crippen LogP contribution in [-0.4, -0.2) is 28.2 Å². The molecule has 1 unspecified atom stereocenters. The fourth-order valence-corrected chi connectivity index (χ4v) is 2.50. The summed E-state index contributed by atoms with van der Waals surface area (Å²) in [6.45, 7) is 0.323. The van der Waals surface area contributed by atoms with Crippen LogP contribution in [-0.2, 0) is 4.79 Å². The van der Waals surface area contributed by atoms with Gasteiger partial charge in [0.1, 0.15) is 5.82 Å². The Morgan fingerprint density at radius 1 is 1.28 bits per heavy atom. The highest BCUT2D eigenvalue weighted by atomic mass is 16.3. The van der Waals surface area contributed by atoms with Gasteiger partial charge in [-0.1, -0.05) is 12.1 Å². The lowest BCUT2D eigenvalue weighted by atomic mass is 10.0. The van der Waals surface area contributed by atoms with Crippen LogP contribution >= 0.6 is 0 Å². The van der Waals surface area contributed by atoms with E-state index in [0.717, 1.165) is 11.0 Å². The van der Waals surface area contributed by atoms with Crippen molar-refractivity contribution in [2.45, 2.75) is 18.8 Å². The van der Waals surface area contributed by atoms with Gasteiger partial charge in [-0.15, -0.1) is 0 Å². The quantitative estimate of drug-likeness (QED) is 0.644. The number of imidazole rings is 1. The Labute approximate surface area is 143 Å². The Balaban J connectivity index is 1.54. The Morgan fingerprint density at radius 2 is 2.12 bits per heavy atom. The van der Waals surface area contributed by atoms with E-state index in [-0.39, 0.29) is 23.9 Å². The fourth-order valence-electron chi connectivity index (χ4n) is 2.50. The molecule has 2 heterocycles. The van der Waals surface area contributed by atoms with Crippen LogP contribution < -0.4 is 5.32 Å². The third-order valence-corrected chi connectivity index (χ3v) is 3.76. The average molecular weight is 336 g/mol. The van der Waals surface area contributed by atoms with Crippen LogP contribution in [0, 0.1) is 11.3 Å². The number of Topliss-reactive ketones (excluding diaryl/α,β-unsaturated/α-hetero) is 1. The summed E-state index contributed by atoms with van der Waals surface area (Å²) < 4.78 is 4.98. The number of amides is 1. The number of carbonyl (C=O) groups excluding carboxylic acids is 2. The predicted molar refractivity (Wildman–Crippen MR) is 89.7 cm³/mol. The van der Waals surface area contributed by atoms with Gasteiger partial charge < -0.3 is 14.7 Å². The second kappa shape index (κ2) is 7.45. The highest BCUT2D eigenvalue weighted by Crippen LogP contribution is 2.19. The largest absolute Gasteiger partial charge is 0.459 e. The molecule has 0 aliphatic rings. The molecule has 126 valence electrons. The number of aromatic amines is 1. The molecule has 0 radical (unpaired) electrons. The highest BCUT2D eigenvalue weighted by Gasteiger charge is 2.23. The number of fused-ring (bicyclic) bond motifs is 1. The van der Waals surface area contributed by atoms with Crippen molar-refractivity contribution in [3.63, 3.8) is 0 Å². The number of ketones is 1. The molecule has 3 aromatic rings. The number of hydrogen-bond acceptors (Lipinski definition) is 5. The van der Waals surface area contributed by atoms with E-state index in [0.29, 0.717) is 18.8 Å². The summed E-state index contributed by atoms with van der Waals surface area (Å²) in [4.78, 5) is 31.3. The minimum Gasteiger partial charge on any atom is -0.459 e. The smallest absolute Gasteiger partial charge is 0.286 e. The van der Waals surface area contributed by atoms with Crippen molar-refractivity contribution < 1.29 is 14.0 Å². The summed E-state index contributed by atoms with van der Waals surface area (Å²) in [6, 6.07) is 12.6. The maximum absolute atomic E-state index is 12.3. The number of H-pyrrole nitrogens is 1. The minimum atomic E-state index is -0.937. The number of benzene rings is 1. The van der Waals surface area contributed by atoms with Gasteiger partial charge >= 0.3 is 0 Å². The van der Waals surface area contributed by atoms with Crippen molar-refractivity contribution in [2.24, 2.45) is 0 Å². The van der Waals surface area contributed by atoms with E-state index in [1.54, 1.807) is 12.1 Å². The van der Waals surface area contributed by atoms with Gasteiger partial charge in [0, 0.05) is 13.0 Å². The van der Waals surface area contributed by atoms with Gasteiger partial charge in [0.05, 0.1) is 23.4 Å². The van der Waals surface area contributed by atoms with Gasteiger partial charge in [0.2, 0.25) is 0 Å². The van der Waals surface area contributed by atoms with Crippen LogP contribution in [0.15, 0.2) is 47.1 Å². The summed E-state index contributed by atoms with van der Waals surface area (Å²) in [5.74, 6) is -0.912. The Kier molecular flexibility index (Phi) is 4.90. The van der Waals surface area contributed by atoms with Crippen molar-refractivity contribution >= 4 is 22.7 Å². The first-order valence-corrected chi connectivity index (χ1v) is 7.87. The normalized spacial score (nSPS) is 11.8. The number of carbonyl (C=O) groups is 2. The van der Waals surface area contributed by atoms with Gasteiger partial charge in [0.25, 0.3) is 5.91 Å². The van der Waals surface area contributed by atoms with Crippen molar-refractivity contribution in [3.8, 4) is 6.07 Å². The Bertz CT molecular complexity index is 888. The molecule has 0 bridgehead atoms. The van der Waals surface area contributed by atoms with Crippen LogP contribution in [0.3, 0.4) is 0 Å². The van der Waals surface area contributed by atoms with E-state index in [1.165, 1.54) is 6.26 Å². The first-order valence-electron chi connectivity index (χ1n) is 7.87. The Hall–Kier alpha value is -3.40. The SMILES string of the molecule is N#CC(C(=O)CCCNC(=O)c1ccco1)c1nc2ccccc2[nH]1. The van der Waals surface area contributed by atoms with Gasteiger partial charge in [-0.05, 0) is 30.7 Å². The van der Waals surface area contributed by atoms with E-state index < -0.39 is 5.92 Å². The van der Waals surface area contributed by atoms with Gasteiger partial charge in [0.15, 0.2) is 17.5 Å². The van der Waals surface area contributed by atoms with Gasteiger partial charge in [-0.3, -0.25) is 9.59 Å². The molecule has 0 saturated carbocycles. The lowest BCUT2D eigenvalue weighted by molar-refractivity contribution is -0.119. The number of nitrogens with one attached hydrogen (secondary N) is 2. The van der Waals surface area contributed by atoms with Crippen molar-refractivity contribution in [1.82, 2.24) is 15.3 Å². The number of rotatable bonds is 7. The van der Waals surface area contributed by atoms with Crippen molar-refractivity contribution in [2.75, 3.05) is 6.54 Å². The maximum atomic E-state index is 12.3. The van der Waals surface area contributed by atoms with Crippen LogP contribution in [0.4, 0.5) is 0 Å². The zero-order valence-electron chi connectivity index (χ0n) is 13.4. The molecule has 25 heavy (non-hydrogen) atoms. The third-order valence-electron chi connectivity index (χ3n) is 3.76. The zero-order valence-corrected chi connectivity index (χ0v) is 13.4. The topological polar surface area (TPSA) is 112 Å². The molecule has 0 saturated heterocycles. The molecule has 1 amide bonds. The first-order chi connectivity index (χ1) is 12.2. The predicted octanol–water partition coefficient (Wildman–Crippen LogP) is 2.54. The minimum absolute atomic E-state index is 0.174. The van der Waals surface area contributed by atoms with Gasteiger partial charge in [-0.25, -0.2) is 4.98 Å². The molecule has 0 fully saturated rings. The molecular formula is C18H16N4O3. The monoisotopic (exact) mass is 336 g/mol. The number of aromatic nitrogens is 2. The summed E-state index contributed by atoms with van der Waals surface area (Å²) in [5.41, 5.74) is 1.51. The second-order valence-corrected chi connectivity index (χ2v) is 5.50. The molecule has 0 aliphatic carbocycles. The average Bonchev–Trinajstić information content (AvgIpc) is 3.28. The van der Waals surface area contributed by atoms with Crippen LogP contribution in [0.1, 0.15) is 35.1 Å². The van der Waals surface area contributed by atoms with E-state index in [4.69, 9.17) is 4.42 Å². The summed E-state index contributed by atoms with van der Waals surface area (Å²) in [5, 5.41) is 12.0. The van der Waals surface area contributed by atoms with E-state index in [9.17, 15) is 14.9 Å². The van der Waals surface area contributed by atoms with Crippen LogP contribution in [0.25, 0.3) is 11.0 Å². The highest BCUT2D eigenvalue weighted by molar-refractivity contribution is 5.91. The number of furan rings is 1. The lowest BCUT2D eigenvalue weighted by Gasteiger charge is -2.06. The second-order valence-electron chi connectivity index (χ2n) is 5.50. The molecule has 1 atom stereocenters. The molecule has 1 aromatic carbocycles. The number of hydrogen-bond donors (Lipinski definition) is 2.